The predicted octanol–water partition coefficient (Wildman–Crippen LogP) is 5.04. The molecule has 1 aliphatic heterocycles. The van der Waals surface area contributed by atoms with Crippen LogP contribution >= 0.6 is 11.3 Å². The first-order valence-corrected chi connectivity index (χ1v) is 14.0. The quantitative estimate of drug-likeness (QED) is 0.220. The number of benzene rings is 1. The number of hydrogen-bond donors (Lipinski definition) is 3. The van der Waals surface area contributed by atoms with E-state index in [0.29, 0.717) is 22.5 Å². The van der Waals surface area contributed by atoms with Crippen LogP contribution in [0, 0.1) is 0 Å². The van der Waals surface area contributed by atoms with Crippen LogP contribution in [0.5, 0.6) is 0 Å². The second kappa shape index (κ2) is 10.9. The van der Waals surface area contributed by atoms with Crippen LogP contribution < -0.4 is 16.1 Å². The highest BCUT2D eigenvalue weighted by Gasteiger charge is 2.42. The average Bonchev–Trinajstić information content (AvgIpc) is 3.14. The number of aliphatic hydroxyl groups excluding tert-OH is 1. The molecule has 1 aromatic heterocycles. The maximum Gasteiger partial charge on any atom is 0.341 e. The Bertz CT molecular complexity index is 1160. The van der Waals surface area contributed by atoms with E-state index in [0.717, 1.165) is 15.9 Å². The number of hydrogen-bond acceptors (Lipinski definition) is 8. The molecule has 0 saturated carbocycles. The van der Waals surface area contributed by atoms with E-state index in [1.54, 1.807) is 14.6 Å². The number of carbonyl (C=O) groups is 1. The molecule has 209 valence electrons. The van der Waals surface area contributed by atoms with Crippen molar-refractivity contribution in [3.05, 3.63) is 45.8 Å². The molecule has 1 atom stereocenters. The van der Waals surface area contributed by atoms with Gasteiger partial charge in [-0.3, -0.25) is 0 Å². The number of ether oxygens (including phenoxy) is 2. The van der Waals surface area contributed by atoms with Gasteiger partial charge in [-0.1, -0.05) is 29.7 Å². The van der Waals surface area contributed by atoms with Crippen LogP contribution in [0.2, 0.25) is 0 Å². The molecule has 7 nitrogen and oxygen atoms in total. The fourth-order valence-electron chi connectivity index (χ4n) is 4.73. The van der Waals surface area contributed by atoms with Gasteiger partial charge >= 0.3 is 13.5 Å². The molecular formula is C29H44BN2O5S. The number of carbonyl (C=O) groups excluding carboxylic acids is 1. The van der Waals surface area contributed by atoms with Crippen LogP contribution in [0.15, 0.2) is 24.3 Å². The summed E-state index contributed by atoms with van der Waals surface area (Å²) in [5.41, 5.74) is 1.32. The number of esters is 1. The Hall–Kier alpha value is -1.91. The van der Waals surface area contributed by atoms with Crippen molar-refractivity contribution < 1.29 is 24.0 Å². The van der Waals surface area contributed by atoms with Crippen molar-refractivity contribution in [2.45, 2.75) is 110 Å². The fourth-order valence-corrected chi connectivity index (χ4v) is 6.02. The molecule has 0 saturated heterocycles. The third kappa shape index (κ3) is 6.62. The van der Waals surface area contributed by atoms with Crippen LogP contribution in [0.4, 0.5) is 5.00 Å². The summed E-state index contributed by atoms with van der Waals surface area (Å²) < 4.78 is 17.3. The highest BCUT2D eigenvalue weighted by atomic mass is 32.1. The van der Waals surface area contributed by atoms with Gasteiger partial charge in [0, 0.05) is 28.6 Å². The van der Waals surface area contributed by atoms with Crippen molar-refractivity contribution >= 4 is 35.3 Å². The lowest BCUT2D eigenvalue weighted by Crippen LogP contribution is -2.55. The first kappa shape index (κ1) is 30.6. The number of anilines is 1. The summed E-state index contributed by atoms with van der Waals surface area (Å²) in [5, 5.41) is 18.7. The normalized spacial score (nSPS) is 17.6. The highest BCUT2D eigenvalue weighted by molar-refractivity contribution is 7.17. The maximum atomic E-state index is 13.3. The lowest BCUT2D eigenvalue weighted by molar-refractivity contribution is -0.114. The fraction of sp³-hybridized carbons (Fsp3) is 0.621. The van der Waals surface area contributed by atoms with Gasteiger partial charge < -0.3 is 29.9 Å². The van der Waals surface area contributed by atoms with E-state index < -0.39 is 17.4 Å². The van der Waals surface area contributed by atoms with Crippen molar-refractivity contribution in [2.75, 3.05) is 12.4 Å². The lowest BCUT2D eigenvalue weighted by Gasteiger charge is -2.42. The summed E-state index contributed by atoms with van der Waals surface area (Å²) in [7, 11) is 3.35. The molecule has 1 radical (unpaired) electrons. The summed E-state index contributed by atoms with van der Waals surface area (Å²) in [6, 6.07) is 7.49. The zero-order valence-electron chi connectivity index (χ0n) is 24.7. The van der Waals surface area contributed by atoms with E-state index in [1.807, 2.05) is 65.8 Å². The third-order valence-electron chi connectivity index (χ3n) is 7.34. The molecule has 1 aromatic carbocycles. The van der Waals surface area contributed by atoms with Gasteiger partial charge in [-0.25, -0.2) is 4.79 Å². The Kier molecular flexibility index (Phi) is 8.81. The van der Waals surface area contributed by atoms with Crippen molar-refractivity contribution in [1.29, 1.82) is 0 Å². The molecule has 2 aromatic rings. The topological polar surface area (TPSA) is 89.0 Å². The van der Waals surface area contributed by atoms with Gasteiger partial charge in [0.15, 0.2) is 6.23 Å². The van der Waals surface area contributed by atoms with Crippen molar-refractivity contribution in [3.63, 3.8) is 0 Å². The van der Waals surface area contributed by atoms with Crippen LogP contribution in [0.25, 0.3) is 0 Å². The van der Waals surface area contributed by atoms with Gasteiger partial charge in [-0.15, -0.1) is 11.3 Å². The average molecular weight is 544 g/mol. The van der Waals surface area contributed by atoms with Crippen LogP contribution in [0.3, 0.4) is 0 Å². The molecule has 9 heteroatoms. The number of aliphatic hydroxyl groups is 1. The maximum absolute atomic E-state index is 13.3. The second-order valence-electron chi connectivity index (χ2n) is 12.6. The molecule has 1 aliphatic rings. The monoisotopic (exact) mass is 543 g/mol. The molecule has 0 aliphatic carbocycles. The van der Waals surface area contributed by atoms with Gasteiger partial charge in [0.25, 0.3) is 0 Å². The van der Waals surface area contributed by atoms with Crippen molar-refractivity contribution in [3.8, 4) is 0 Å². The summed E-state index contributed by atoms with van der Waals surface area (Å²) in [6.07, 6.45) is -0.613. The molecule has 0 spiro atoms. The van der Waals surface area contributed by atoms with Crippen molar-refractivity contribution in [1.82, 2.24) is 5.32 Å². The smallest absolute Gasteiger partial charge is 0.341 e. The minimum absolute atomic E-state index is 0.199. The Labute approximate surface area is 232 Å². The minimum Gasteiger partial charge on any atom is -0.459 e. The number of rotatable bonds is 10. The number of methoxy groups -OCH3 is 1. The molecule has 0 bridgehead atoms. The second-order valence-corrected chi connectivity index (χ2v) is 13.6. The van der Waals surface area contributed by atoms with E-state index in [1.165, 1.54) is 11.3 Å². The van der Waals surface area contributed by atoms with E-state index in [2.05, 4.69) is 38.3 Å². The van der Waals surface area contributed by atoms with Crippen LogP contribution in [-0.2, 0) is 26.1 Å². The summed E-state index contributed by atoms with van der Waals surface area (Å²) in [6.45, 7) is 20.1. The largest absolute Gasteiger partial charge is 0.459 e. The van der Waals surface area contributed by atoms with E-state index in [9.17, 15) is 9.90 Å². The molecule has 38 heavy (non-hydrogen) atoms. The molecule has 0 fully saturated rings. The molecule has 3 N–H and O–H groups in total. The Balaban J connectivity index is 1.90. The summed E-state index contributed by atoms with van der Waals surface area (Å²) in [5.74, 6) is -0.376. The molecule has 3 rings (SSSR count). The van der Waals surface area contributed by atoms with Crippen LogP contribution in [-0.4, -0.2) is 48.5 Å². The van der Waals surface area contributed by atoms with Crippen molar-refractivity contribution in [2.24, 2.45) is 0 Å². The Morgan fingerprint density at radius 3 is 2.42 bits per heavy atom. The molecular weight excluding hydrogens is 499 g/mol. The third-order valence-corrected chi connectivity index (χ3v) is 8.82. The minimum atomic E-state index is -1.04. The lowest BCUT2D eigenvalue weighted by atomic mass is 9.81. The standard InChI is InChI=1S/C29H44BN2O5S/c1-17(2)36-25(34)21-20-16-26(3,4)32-27(5,6)22(20)38-24(21)31-23(33)18-13-12-14-19(15-18)30-37-29(9,10)28(7,8)35-11/h12-15,17,23,31-33H,16H2,1-11H3. The Morgan fingerprint density at radius 1 is 1.16 bits per heavy atom. The van der Waals surface area contributed by atoms with Gasteiger partial charge in [0.2, 0.25) is 0 Å². The first-order valence-electron chi connectivity index (χ1n) is 13.2. The number of thiophene rings is 1. The number of fused-ring (bicyclic) bond motifs is 1. The van der Waals surface area contributed by atoms with Gasteiger partial charge in [-0.05, 0) is 81.2 Å². The van der Waals surface area contributed by atoms with Gasteiger partial charge in [0.05, 0.1) is 22.9 Å². The van der Waals surface area contributed by atoms with E-state index in [-0.39, 0.29) is 23.2 Å². The molecule has 0 amide bonds. The summed E-state index contributed by atoms with van der Waals surface area (Å²) in [4.78, 5) is 14.4. The predicted molar refractivity (Wildman–Crippen MR) is 155 cm³/mol. The van der Waals surface area contributed by atoms with E-state index >= 15 is 0 Å². The molecule has 1 unspecified atom stereocenters. The zero-order valence-corrected chi connectivity index (χ0v) is 25.6. The summed E-state index contributed by atoms with van der Waals surface area (Å²) >= 11 is 1.49. The molecule has 2 heterocycles. The van der Waals surface area contributed by atoms with Gasteiger partial charge in [-0.2, -0.15) is 0 Å². The Morgan fingerprint density at radius 2 is 1.82 bits per heavy atom. The van der Waals surface area contributed by atoms with Crippen LogP contribution in [0.1, 0.15) is 102 Å². The highest BCUT2D eigenvalue weighted by Crippen LogP contribution is 2.46. The van der Waals surface area contributed by atoms with E-state index in [4.69, 9.17) is 14.1 Å². The zero-order chi connectivity index (χ0) is 28.7. The first-order chi connectivity index (χ1) is 17.4. The van der Waals surface area contributed by atoms with Gasteiger partial charge in [0.1, 0.15) is 5.00 Å². The SMILES string of the molecule is COC(C)(C)C(C)(C)O[B]c1cccc(C(O)Nc2sc3c(c2C(=O)OC(C)C)CC(C)(C)NC3(C)C)c1. The number of nitrogens with one attached hydrogen (secondary N) is 2.